The zero-order chi connectivity index (χ0) is 20.7. The van der Waals surface area contributed by atoms with Crippen LogP contribution >= 0.6 is 0 Å². The van der Waals surface area contributed by atoms with Crippen LogP contribution in [0.5, 0.6) is 0 Å². The quantitative estimate of drug-likeness (QED) is 0.526. The van der Waals surface area contributed by atoms with E-state index in [-0.39, 0.29) is 5.92 Å². The lowest BCUT2D eigenvalue weighted by atomic mass is 9.73. The van der Waals surface area contributed by atoms with Gasteiger partial charge in [-0.05, 0) is 60.1 Å². The summed E-state index contributed by atoms with van der Waals surface area (Å²) >= 11 is 0. The summed E-state index contributed by atoms with van der Waals surface area (Å²) in [7, 11) is 0. The van der Waals surface area contributed by atoms with E-state index in [0.29, 0.717) is 19.8 Å². The van der Waals surface area contributed by atoms with Gasteiger partial charge >= 0.3 is 0 Å². The molecule has 0 radical (unpaired) electrons. The molecular formula is C25H36N2O. The minimum Gasteiger partial charge on any atom is -0.374 e. The van der Waals surface area contributed by atoms with Crippen molar-refractivity contribution in [1.82, 2.24) is 5.32 Å². The van der Waals surface area contributed by atoms with Crippen molar-refractivity contribution in [2.24, 2.45) is 5.73 Å². The maximum atomic E-state index is 5.83. The van der Waals surface area contributed by atoms with Crippen molar-refractivity contribution in [3.63, 3.8) is 0 Å². The standard InChI is InChI=1S/C25H36N2O/c1-7-11-19(5)24-22(16-28-15-14-26)27-20(6)23(17(3)8-2)25(24)21-13-10-9-12-18(21)4/h9-10,12-13,25,27H,3,5,7-8,11,14-16,26H2,1-2,4,6H3. The van der Waals surface area contributed by atoms with E-state index in [1.165, 1.54) is 33.4 Å². The highest BCUT2D eigenvalue weighted by Gasteiger charge is 2.32. The third-order valence-electron chi connectivity index (χ3n) is 5.39. The molecule has 1 aromatic carbocycles. The van der Waals surface area contributed by atoms with Gasteiger partial charge in [0.05, 0.1) is 13.2 Å². The van der Waals surface area contributed by atoms with Crippen molar-refractivity contribution >= 4 is 0 Å². The van der Waals surface area contributed by atoms with Gasteiger partial charge in [0.2, 0.25) is 0 Å². The topological polar surface area (TPSA) is 47.3 Å². The number of hydrogen-bond donors (Lipinski definition) is 2. The Balaban J connectivity index is 2.67. The van der Waals surface area contributed by atoms with Gasteiger partial charge in [0, 0.05) is 23.9 Å². The molecule has 152 valence electrons. The normalized spacial score (nSPS) is 17.0. The number of nitrogens with one attached hydrogen (secondary N) is 1. The molecule has 0 saturated heterocycles. The molecule has 0 bridgehead atoms. The summed E-state index contributed by atoms with van der Waals surface area (Å²) in [6.45, 7) is 19.1. The summed E-state index contributed by atoms with van der Waals surface area (Å²) in [5.74, 6) is 0.130. The Morgan fingerprint density at radius 1 is 1.11 bits per heavy atom. The predicted octanol–water partition coefficient (Wildman–Crippen LogP) is 5.51. The molecule has 0 aliphatic carbocycles. The van der Waals surface area contributed by atoms with Gasteiger partial charge in [-0.25, -0.2) is 0 Å². The molecule has 1 aromatic rings. The zero-order valence-corrected chi connectivity index (χ0v) is 18.0. The molecule has 0 saturated carbocycles. The lowest BCUT2D eigenvalue weighted by Gasteiger charge is -2.36. The molecule has 1 atom stereocenters. The molecule has 1 aliphatic heterocycles. The van der Waals surface area contributed by atoms with Crippen LogP contribution in [0.15, 0.2) is 71.1 Å². The second-order valence-electron chi connectivity index (χ2n) is 7.50. The van der Waals surface area contributed by atoms with Gasteiger partial charge in [0.1, 0.15) is 0 Å². The van der Waals surface area contributed by atoms with Crippen molar-refractivity contribution in [3.8, 4) is 0 Å². The number of allylic oxidation sites excluding steroid dienone is 5. The Labute approximate surface area is 171 Å². The predicted molar refractivity (Wildman–Crippen MR) is 120 cm³/mol. The van der Waals surface area contributed by atoms with E-state index in [4.69, 9.17) is 10.5 Å². The van der Waals surface area contributed by atoms with Crippen LogP contribution in [0.4, 0.5) is 0 Å². The van der Waals surface area contributed by atoms with Gasteiger partial charge in [-0.15, -0.1) is 0 Å². The van der Waals surface area contributed by atoms with Crippen LogP contribution in [-0.4, -0.2) is 19.8 Å². The molecule has 3 heteroatoms. The zero-order valence-electron chi connectivity index (χ0n) is 18.0. The number of ether oxygens (including phenoxy) is 1. The number of aryl methyl sites for hydroxylation is 1. The van der Waals surface area contributed by atoms with Crippen LogP contribution in [0, 0.1) is 6.92 Å². The SMILES string of the molecule is C=C(CC)C1=C(C)NC(COCCN)=C(C(=C)CCC)C1c1ccccc1C. The summed E-state index contributed by atoms with van der Waals surface area (Å²) in [5.41, 5.74) is 15.4. The third kappa shape index (κ3) is 4.84. The molecule has 3 nitrogen and oxygen atoms in total. The average molecular weight is 381 g/mol. The molecule has 3 N–H and O–H groups in total. The number of benzene rings is 1. The third-order valence-corrected chi connectivity index (χ3v) is 5.39. The maximum absolute atomic E-state index is 5.83. The monoisotopic (exact) mass is 380 g/mol. The van der Waals surface area contributed by atoms with Gasteiger partial charge in [0.15, 0.2) is 0 Å². The van der Waals surface area contributed by atoms with E-state index in [1.807, 2.05) is 0 Å². The number of hydrogen-bond acceptors (Lipinski definition) is 3. The van der Waals surface area contributed by atoms with Crippen molar-refractivity contribution in [1.29, 1.82) is 0 Å². The fraction of sp³-hybridized carbons (Fsp3) is 0.440. The van der Waals surface area contributed by atoms with Gasteiger partial charge < -0.3 is 15.8 Å². The average Bonchev–Trinajstić information content (AvgIpc) is 2.67. The minimum atomic E-state index is 0.130. The first-order valence-corrected chi connectivity index (χ1v) is 10.4. The van der Waals surface area contributed by atoms with Crippen LogP contribution in [0.2, 0.25) is 0 Å². The Hall–Kier alpha value is -2.10. The van der Waals surface area contributed by atoms with Crippen molar-refractivity contribution < 1.29 is 4.74 Å². The first-order chi connectivity index (χ1) is 13.5. The molecule has 28 heavy (non-hydrogen) atoms. The lowest BCUT2D eigenvalue weighted by Crippen LogP contribution is -2.30. The lowest BCUT2D eigenvalue weighted by molar-refractivity contribution is 0.159. The Kier molecular flexibility index (Phi) is 8.28. The van der Waals surface area contributed by atoms with Crippen LogP contribution in [0.25, 0.3) is 0 Å². The number of rotatable bonds is 10. The van der Waals surface area contributed by atoms with E-state index >= 15 is 0 Å². The fourth-order valence-corrected chi connectivity index (χ4v) is 4.00. The van der Waals surface area contributed by atoms with Crippen LogP contribution < -0.4 is 11.1 Å². The van der Waals surface area contributed by atoms with Crippen LogP contribution in [0.1, 0.15) is 57.1 Å². The molecule has 1 aliphatic rings. The Morgan fingerprint density at radius 3 is 2.43 bits per heavy atom. The summed E-state index contributed by atoms with van der Waals surface area (Å²) in [5, 5.41) is 3.62. The van der Waals surface area contributed by atoms with Crippen LogP contribution in [0.3, 0.4) is 0 Å². The first kappa shape index (κ1) is 22.2. The van der Waals surface area contributed by atoms with Crippen molar-refractivity contribution in [3.05, 3.63) is 82.2 Å². The van der Waals surface area contributed by atoms with Crippen LogP contribution in [-0.2, 0) is 4.74 Å². The molecule has 1 unspecified atom stereocenters. The molecule has 0 amide bonds. The maximum Gasteiger partial charge on any atom is 0.0869 e. The van der Waals surface area contributed by atoms with Gasteiger partial charge in [-0.1, -0.05) is 57.7 Å². The minimum absolute atomic E-state index is 0.130. The number of dihydropyridines is 1. The van der Waals surface area contributed by atoms with Crippen molar-refractivity contribution in [2.75, 3.05) is 19.8 Å². The Morgan fingerprint density at radius 2 is 1.82 bits per heavy atom. The van der Waals surface area contributed by atoms with E-state index in [0.717, 1.165) is 30.7 Å². The molecule has 0 aromatic heterocycles. The molecule has 0 spiro atoms. The second kappa shape index (κ2) is 10.4. The van der Waals surface area contributed by atoms with E-state index < -0.39 is 0 Å². The smallest absolute Gasteiger partial charge is 0.0869 e. The summed E-state index contributed by atoms with van der Waals surface area (Å²) in [4.78, 5) is 0. The van der Waals surface area contributed by atoms with E-state index in [1.54, 1.807) is 0 Å². The summed E-state index contributed by atoms with van der Waals surface area (Å²) in [6.07, 6.45) is 2.94. The summed E-state index contributed by atoms with van der Waals surface area (Å²) < 4.78 is 5.83. The molecular weight excluding hydrogens is 344 g/mol. The highest BCUT2D eigenvalue weighted by atomic mass is 16.5. The highest BCUT2D eigenvalue weighted by molar-refractivity contribution is 5.59. The van der Waals surface area contributed by atoms with E-state index in [9.17, 15) is 0 Å². The van der Waals surface area contributed by atoms with Gasteiger partial charge in [-0.2, -0.15) is 0 Å². The molecule has 1 heterocycles. The largest absolute Gasteiger partial charge is 0.374 e. The van der Waals surface area contributed by atoms with Gasteiger partial charge in [0.25, 0.3) is 0 Å². The second-order valence-corrected chi connectivity index (χ2v) is 7.50. The van der Waals surface area contributed by atoms with Gasteiger partial charge in [-0.3, -0.25) is 0 Å². The fourth-order valence-electron chi connectivity index (χ4n) is 4.00. The van der Waals surface area contributed by atoms with Crippen molar-refractivity contribution in [2.45, 2.75) is 52.9 Å². The first-order valence-electron chi connectivity index (χ1n) is 10.4. The van der Waals surface area contributed by atoms with E-state index in [2.05, 4.69) is 70.4 Å². The molecule has 0 fully saturated rings. The molecule has 2 rings (SSSR count). The summed E-state index contributed by atoms with van der Waals surface area (Å²) in [6, 6.07) is 8.64. The number of nitrogens with two attached hydrogens (primary N) is 1. The Bertz CT molecular complexity index is 785. The highest BCUT2D eigenvalue weighted by Crippen LogP contribution is 2.45.